The van der Waals surface area contributed by atoms with E-state index in [2.05, 4.69) is 157 Å². The Bertz CT molecular complexity index is 2100. The van der Waals surface area contributed by atoms with Crippen LogP contribution in [0.5, 0.6) is 0 Å². The van der Waals surface area contributed by atoms with Gasteiger partial charge in [-0.15, -0.1) is 0 Å². The summed E-state index contributed by atoms with van der Waals surface area (Å²) >= 11 is 0. The van der Waals surface area contributed by atoms with Gasteiger partial charge in [-0.05, 0) is 76.7 Å². The first-order chi connectivity index (χ1) is 22.6. The van der Waals surface area contributed by atoms with Gasteiger partial charge in [-0.1, -0.05) is 146 Å². The number of hydrogen-bond donors (Lipinski definition) is 1. The van der Waals surface area contributed by atoms with Gasteiger partial charge in [0.25, 0.3) is 0 Å². The minimum atomic E-state index is 1.15. The highest BCUT2D eigenvalue weighted by Gasteiger charge is 2.07. The smallest absolute Gasteiger partial charge is 0.0471 e. The van der Waals surface area contributed by atoms with Gasteiger partial charge < -0.3 is 9.88 Å². The lowest BCUT2D eigenvalue weighted by Gasteiger charge is -2.19. The highest BCUT2D eigenvalue weighted by molar-refractivity contribution is 6.08. The van der Waals surface area contributed by atoms with Gasteiger partial charge in [-0.3, -0.25) is 0 Å². The third-order valence-electron chi connectivity index (χ3n) is 8.25. The first-order valence-electron chi connectivity index (χ1n) is 15.7. The van der Waals surface area contributed by atoms with Crippen molar-refractivity contribution in [1.29, 1.82) is 0 Å². The third-order valence-corrected chi connectivity index (χ3v) is 8.25. The average Bonchev–Trinajstić information content (AvgIpc) is 3.51. The second-order valence-electron chi connectivity index (χ2n) is 11.2. The van der Waals surface area contributed by atoms with E-state index in [0.29, 0.717) is 0 Å². The van der Waals surface area contributed by atoms with E-state index in [-0.39, 0.29) is 0 Å². The normalized spacial score (nSPS) is 11.4. The standard InChI is InChI=1S/C31H24N2.C13H14/c1-33(26-7-3-2-4-8-26)27-18-15-23(16-19-27)22-11-13-24(14-12-22)25-17-20-29-28-9-5-6-10-30(28)32-31(29)21-25;1-3-5-9-12(4-2)13-10-7-6-8-11-13/h2-21,32H,1H3;3-11H,2H2,1H3/b;5-3-,12-9+. The number of anilines is 2. The molecule has 0 amide bonds. The molecule has 0 unspecified atom stereocenters. The highest BCUT2D eigenvalue weighted by atomic mass is 15.1. The molecule has 0 bridgehead atoms. The number of para-hydroxylation sites is 2. The summed E-state index contributed by atoms with van der Waals surface area (Å²) < 4.78 is 0. The molecule has 0 aliphatic rings. The van der Waals surface area contributed by atoms with Crippen LogP contribution in [-0.4, -0.2) is 12.0 Å². The maximum atomic E-state index is 3.79. The Morgan fingerprint density at radius 2 is 1.09 bits per heavy atom. The molecule has 1 N–H and O–H groups in total. The van der Waals surface area contributed by atoms with Crippen LogP contribution >= 0.6 is 0 Å². The van der Waals surface area contributed by atoms with Crippen molar-refractivity contribution in [2.24, 2.45) is 0 Å². The van der Waals surface area contributed by atoms with Crippen LogP contribution in [0.3, 0.4) is 0 Å². The van der Waals surface area contributed by atoms with Crippen molar-refractivity contribution >= 4 is 38.8 Å². The van der Waals surface area contributed by atoms with E-state index in [1.807, 2.05) is 49.4 Å². The van der Waals surface area contributed by atoms with Crippen molar-refractivity contribution in [2.75, 3.05) is 11.9 Å². The fourth-order valence-electron chi connectivity index (χ4n) is 5.68. The van der Waals surface area contributed by atoms with Crippen molar-refractivity contribution in [3.05, 3.63) is 188 Å². The quantitative estimate of drug-likeness (QED) is 0.182. The number of aromatic nitrogens is 1. The Morgan fingerprint density at radius 3 is 1.74 bits per heavy atom. The van der Waals surface area contributed by atoms with Gasteiger partial charge in [0.05, 0.1) is 0 Å². The van der Waals surface area contributed by atoms with Gasteiger partial charge in [0.2, 0.25) is 0 Å². The molecular weight excluding hydrogens is 556 g/mol. The van der Waals surface area contributed by atoms with Gasteiger partial charge in [0.1, 0.15) is 0 Å². The molecule has 7 aromatic rings. The Labute approximate surface area is 272 Å². The zero-order valence-electron chi connectivity index (χ0n) is 26.4. The maximum absolute atomic E-state index is 3.79. The number of nitrogens with zero attached hydrogens (tertiary/aromatic N) is 1. The molecule has 1 heterocycles. The number of H-pyrrole nitrogens is 1. The zero-order valence-corrected chi connectivity index (χ0v) is 26.4. The number of nitrogens with one attached hydrogen (secondary N) is 1. The number of rotatable bonds is 7. The molecule has 224 valence electrons. The van der Waals surface area contributed by atoms with E-state index in [1.165, 1.54) is 61.0 Å². The summed E-state index contributed by atoms with van der Waals surface area (Å²) in [7, 11) is 2.10. The first kappa shape index (κ1) is 30.2. The molecule has 7 rings (SSSR count). The lowest BCUT2D eigenvalue weighted by atomic mass is 9.99. The number of allylic oxidation sites excluding steroid dienone is 5. The lowest BCUT2D eigenvalue weighted by Crippen LogP contribution is -2.08. The molecule has 46 heavy (non-hydrogen) atoms. The second kappa shape index (κ2) is 14.3. The summed E-state index contributed by atoms with van der Waals surface area (Å²) in [5.74, 6) is 0. The van der Waals surface area contributed by atoms with Crippen LogP contribution in [0.1, 0.15) is 12.5 Å². The number of hydrogen-bond acceptors (Lipinski definition) is 1. The van der Waals surface area contributed by atoms with Crippen molar-refractivity contribution < 1.29 is 0 Å². The Hall–Kier alpha value is -5.86. The summed E-state index contributed by atoms with van der Waals surface area (Å²) in [5, 5.41) is 2.54. The summed E-state index contributed by atoms with van der Waals surface area (Å²) in [6, 6.07) is 53.4. The zero-order chi connectivity index (χ0) is 31.7. The van der Waals surface area contributed by atoms with Crippen molar-refractivity contribution in [2.45, 2.75) is 6.92 Å². The molecule has 0 aliphatic carbocycles. The molecule has 0 fully saturated rings. The van der Waals surface area contributed by atoms with E-state index in [1.54, 1.807) is 0 Å². The molecule has 2 nitrogen and oxygen atoms in total. The van der Waals surface area contributed by atoms with Crippen LogP contribution in [0.25, 0.3) is 49.6 Å². The molecule has 0 saturated heterocycles. The topological polar surface area (TPSA) is 19.0 Å². The summed E-state index contributed by atoms with van der Waals surface area (Å²) in [6.45, 7) is 5.79. The molecule has 0 atom stereocenters. The largest absolute Gasteiger partial charge is 0.354 e. The highest BCUT2D eigenvalue weighted by Crippen LogP contribution is 2.32. The fourth-order valence-corrected chi connectivity index (χ4v) is 5.68. The molecule has 0 aliphatic heterocycles. The van der Waals surface area contributed by atoms with Crippen LogP contribution in [-0.2, 0) is 0 Å². The van der Waals surface area contributed by atoms with Gasteiger partial charge in [0.15, 0.2) is 0 Å². The Morgan fingerprint density at radius 1 is 0.565 bits per heavy atom. The molecule has 0 radical (unpaired) electrons. The second-order valence-corrected chi connectivity index (χ2v) is 11.2. The monoisotopic (exact) mass is 594 g/mol. The molecule has 6 aromatic carbocycles. The summed E-state index contributed by atoms with van der Waals surface area (Å²) in [5.41, 5.74) is 12.0. The van der Waals surface area contributed by atoms with E-state index in [0.717, 1.165) is 5.57 Å². The average molecular weight is 595 g/mol. The lowest BCUT2D eigenvalue weighted by molar-refractivity contribution is 1.21. The predicted molar refractivity (Wildman–Crippen MR) is 201 cm³/mol. The molecule has 0 spiro atoms. The van der Waals surface area contributed by atoms with Crippen molar-refractivity contribution in [3.8, 4) is 22.3 Å². The van der Waals surface area contributed by atoms with Crippen LogP contribution in [0, 0.1) is 0 Å². The summed E-state index contributed by atoms with van der Waals surface area (Å²) in [4.78, 5) is 5.75. The SMILES string of the molecule is C=C/C(=C\C=C/C)c1ccccc1.CN(c1ccccc1)c1ccc(-c2ccc(-c3ccc4c(c3)[nH]c3ccccc34)cc2)cc1. The number of benzene rings is 6. The fraction of sp³-hybridized carbons (Fsp3) is 0.0455. The molecule has 0 saturated carbocycles. The maximum Gasteiger partial charge on any atom is 0.0471 e. The van der Waals surface area contributed by atoms with E-state index in [9.17, 15) is 0 Å². The number of aromatic amines is 1. The molecule has 1 aromatic heterocycles. The van der Waals surface area contributed by atoms with Crippen molar-refractivity contribution in [3.63, 3.8) is 0 Å². The van der Waals surface area contributed by atoms with Gasteiger partial charge in [-0.25, -0.2) is 0 Å². The minimum Gasteiger partial charge on any atom is -0.354 e. The van der Waals surface area contributed by atoms with E-state index >= 15 is 0 Å². The summed E-state index contributed by atoms with van der Waals surface area (Å²) in [6.07, 6.45) is 7.95. The van der Waals surface area contributed by atoms with Crippen LogP contribution in [0.2, 0.25) is 0 Å². The predicted octanol–water partition coefficient (Wildman–Crippen LogP) is 12.3. The van der Waals surface area contributed by atoms with Gasteiger partial charge >= 0.3 is 0 Å². The van der Waals surface area contributed by atoms with Crippen LogP contribution in [0.4, 0.5) is 11.4 Å². The van der Waals surface area contributed by atoms with Crippen LogP contribution < -0.4 is 4.90 Å². The first-order valence-corrected chi connectivity index (χ1v) is 15.7. The van der Waals surface area contributed by atoms with E-state index < -0.39 is 0 Å². The van der Waals surface area contributed by atoms with Gasteiger partial charge in [-0.2, -0.15) is 0 Å². The minimum absolute atomic E-state index is 1.15. The van der Waals surface area contributed by atoms with Gasteiger partial charge in [0, 0.05) is 40.2 Å². The van der Waals surface area contributed by atoms with Crippen LogP contribution in [0.15, 0.2) is 183 Å². The third kappa shape index (κ3) is 6.77. The Balaban J connectivity index is 0.000000242. The molecular formula is C44H38N2. The number of fused-ring (bicyclic) bond motifs is 3. The van der Waals surface area contributed by atoms with E-state index in [4.69, 9.17) is 0 Å². The molecule has 2 heteroatoms. The van der Waals surface area contributed by atoms with Crippen molar-refractivity contribution in [1.82, 2.24) is 4.98 Å². The Kier molecular flexibility index (Phi) is 9.37.